The van der Waals surface area contributed by atoms with Crippen molar-refractivity contribution >= 4 is 22.4 Å². The smallest absolute Gasteiger partial charge is 0.236 e. The topological polar surface area (TPSA) is 85.1 Å². The summed E-state index contributed by atoms with van der Waals surface area (Å²) in [5, 5.41) is 13.8. The second-order valence-corrected chi connectivity index (χ2v) is 5.98. The molecule has 1 aliphatic carbocycles. The van der Waals surface area contributed by atoms with E-state index in [0.29, 0.717) is 11.6 Å². The summed E-state index contributed by atoms with van der Waals surface area (Å²) in [7, 11) is 0. The highest BCUT2D eigenvalue weighted by Gasteiger charge is 2.53. The first-order valence-corrected chi connectivity index (χ1v) is 7.35. The molecule has 0 saturated heterocycles. The van der Waals surface area contributed by atoms with E-state index in [1.807, 2.05) is 37.3 Å². The standard InChI is InChI=1S/C14H13N3O3S/c1-8-12(9-5-3-2-4-6-9)21-14(15-8)16-13(18)10-7-11(10)17(19)20/h2-6,10-11H,7H2,1H3,(H,15,16,18)/t10-,11+/m1/s1. The highest BCUT2D eigenvalue weighted by atomic mass is 32.1. The molecule has 108 valence electrons. The van der Waals surface area contributed by atoms with Gasteiger partial charge in [0.1, 0.15) is 5.92 Å². The Morgan fingerprint density at radius 1 is 1.43 bits per heavy atom. The molecule has 2 aromatic rings. The maximum absolute atomic E-state index is 11.9. The summed E-state index contributed by atoms with van der Waals surface area (Å²) in [6, 6.07) is 9.05. The fourth-order valence-corrected chi connectivity index (χ4v) is 3.18. The van der Waals surface area contributed by atoms with Crippen molar-refractivity contribution in [1.82, 2.24) is 4.98 Å². The third-order valence-corrected chi connectivity index (χ3v) is 4.55. The summed E-state index contributed by atoms with van der Waals surface area (Å²) in [4.78, 5) is 27.4. The van der Waals surface area contributed by atoms with Gasteiger partial charge in [0, 0.05) is 11.3 Å². The Bertz CT molecular complexity index is 699. The Balaban J connectivity index is 1.73. The number of hydrogen-bond donors (Lipinski definition) is 1. The molecule has 1 saturated carbocycles. The molecule has 0 aliphatic heterocycles. The molecule has 1 fully saturated rings. The Labute approximate surface area is 125 Å². The molecule has 1 amide bonds. The van der Waals surface area contributed by atoms with E-state index in [1.165, 1.54) is 11.3 Å². The lowest BCUT2D eigenvalue weighted by Crippen LogP contribution is -2.18. The van der Waals surface area contributed by atoms with E-state index in [-0.39, 0.29) is 5.91 Å². The lowest BCUT2D eigenvalue weighted by molar-refractivity contribution is -0.497. The SMILES string of the molecule is Cc1nc(NC(=O)[C@@H]2C[C@@H]2[N+](=O)[O-])sc1-c1ccccc1. The third kappa shape index (κ3) is 2.78. The highest BCUT2D eigenvalue weighted by Crippen LogP contribution is 2.36. The van der Waals surface area contributed by atoms with E-state index < -0.39 is 16.9 Å². The van der Waals surface area contributed by atoms with Crippen LogP contribution < -0.4 is 5.32 Å². The van der Waals surface area contributed by atoms with Crippen molar-refractivity contribution in [3.63, 3.8) is 0 Å². The van der Waals surface area contributed by atoms with Gasteiger partial charge >= 0.3 is 0 Å². The number of aryl methyl sites for hydroxylation is 1. The van der Waals surface area contributed by atoms with Crippen LogP contribution in [0.15, 0.2) is 30.3 Å². The molecule has 1 aliphatic rings. The van der Waals surface area contributed by atoms with Crippen molar-refractivity contribution in [2.45, 2.75) is 19.4 Å². The van der Waals surface area contributed by atoms with Gasteiger partial charge in [-0.1, -0.05) is 41.7 Å². The van der Waals surface area contributed by atoms with Crippen LogP contribution in [-0.4, -0.2) is 21.9 Å². The molecule has 1 N–H and O–H groups in total. The lowest BCUT2D eigenvalue weighted by Gasteiger charge is -1.98. The molecule has 0 unspecified atom stereocenters. The van der Waals surface area contributed by atoms with E-state index in [9.17, 15) is 14.9 Å². The number of nitrogens with one attached hydrogen (secondary N) is 1. The van der Waals surface area contributed by atoms with Gasteiger partial charge in [-0.25, -0.2) is 4.98 Å². The Morgan fingerprint density at radius 3 is 2.76 bits per heavy atom. The molecule has 0 spiro atoms. The van der Waals surface area contributed by atoms with Gasteiger partial charge in [-0.05, 0) is 12.5 Å². The molecule has 1 heterocycles. The predicted octanol–water partition coefficient (Wildman–Crippen LogP) is 2.72. The zero-order valence-corrected chi connectivity index (χ0v) is 12.1. The molecular weight excluding hydrogens is 290 g/mol. The fourth-order valence-electron chi connectivity index (χ4n) is 2.20. The molecule has 1 aromatic heterocycles. The van der Waals surface area contributed by atoms with Gasteiger partial charge in [-0.15, -0.1) is 0 Å². The first kappa shape index (κ1) is 13.7. The van der Waals surface area contributed by atoms with Gasteiger partial charge in [0.15, 0.2) is 5.13 Å². The quantitative estimate of drug-likeness (QED) is 0.695. The summed E-state index contributed by atoms with van der Waals surface area (Å²) in [5.74, 6) is -0.838. The molecule has 3 rings (SSSR count). The first-order valence-electron chi connectivity index (χ1n) is 6.53. The van der Waals surface area contributed by atoms with Crippen molar-refractivity contribution in [3.8, 4) is 10.4 Å². The van der Waals surface area contributed by atoms with Crippen LogP contribution in [0, 0.1) is 23.0 Å². The number of benzene rings is 1. The van der Waals surface area contributed by atoms with Crippen LogP contribution in [0.2, 0.25) is 0 Å². The minimum atomic E-state index is -0.736. The number of aromatic nitrogens is 1. The minimum Gasteiger partial charge on any atom is -0.301 e. The van der Waals surface area contributed by atoms with Crippen molar-refractivity contribution in [2.75, 3.05) is 5.32 Å². The normalized spacial score (nSPS) is 20.0. The van der Waals surface area contributed by atoms with Gasteiger partial charge in [0.2, 0.25) is 11.9 Å². The zero-order chi connectivity index (χ0) is 15.0. The number of carbonyl (C=O) groups is 1. The van der Waals surface area contributed by atoms with Crippen LogP contribution in [0.5, 0.6) is 0 Å². The van der Waals surface area contributed by atoms with Crippen LogP contribution >= 0.6 is 11.3 Å². The maximum Gasteiger partial charge on any atom is 0.236 e. The van der Waals surface area contributed by atoms with Crippen LogP contribution in [0.1, 0.15) is 12.1 Å². The highest BCUT2D eigenvalue weighted by molar-refractivity contribution is 7.19. The average molecular weight is 303 g/mol. The number of nitrogens with zero attached hydrogens (tertiary/aromatic N) is 2. The van der Waals surface area contributed by atoms with Crippen molar-refractivity contribution in [1.29, 1.82) is 0 Å². The van der Waals surface area contributed by atoms with E-state index in [4.69, 9.17) is 0 Å². The van der Waals surface area contributed by atoms with E-state index in [0.717, 1.165) is 16.1 Å². The lowest BCUT2D eigenvalue weighted by atomic mass is 10.2. The Kier molecular flexibility index (Phi) is 3.42. The number of nitro groups is 1. The van der Waals surface area contributed by atoms with Crippen molar-refractivity contribution < 1.29 is 9.72 Å². The second kappa shape index (κ2) is 5.25. The summed E-state index contributed by atoms with van der Waals surface area (Å²) in [6.45, 7) is 1.88. The van der Waals surface area contributed by atoms with E-state index in [1.54, 1.807) is 0 Å². The molecule has 1 aromatic carbocycles. The number of thiazole rings is 1. The zero-order valence-electron chi connectivity index (χ0n) is 11.3. The first-order chi connectivity index (χ1) is 10.1. The van der Waals surface area contributed by atoms with Crippen LogP contribution in [0.3, 0.4) is 0 Å². The van der Waals surface area contributed by atoms with Crippen LogP contribution in [0.4, 0.5) is 5.13 Å². The summed E-state index contributed by atoms with van der Waals surface area (Å²) < 4.78 is 0. The molecule has 2 atom stereocenters. The predicted molar refractivity (Wildman–Crippen MR) is 79.8 cm³/mol. The molecule has 0 radical (unpaired) electrons. The van der Waals surface area contributed by atoms with Gasteiger partial charge in [0.05, 0.1) is 10.6 Å². The third-order valence-electron chi connectivity index (χ3n) is 3.43. The van der Waals surface area contributed by atoms with Crippen molar-refractivity contribution in [3.05, 3.63) is 46.1 Å². The Morgan fingerprint density at radius 2 is 2.14 bits per heavy atom. The maximum atomic E-state index is 11.9. The Hall–Kier alpha value is -2.28. The molecule has 0 bridgehead atoms. The van der Waals surface area contributed by atoms with Crippen LogP contribution in [-0.2, 0) is 4.79 Å². The van der Waals surface area contributed by atoms with Gasteiger partial charge in [-0.3, -0.25) is 14.9 Å². The number of hydrogen-bond acceptors (Lipinski definition) is 5. The minimum absolute atomic E-state index is 0.314. The number of anilines is 1. The number of rotatable bonds is 4. The summed E-state index contributed by atoms with van der Waals surface area (Å²) in [5.41, 5.74) is 1.88. The molecule has 6 nitrogen and oxygen atoms in total. The largest absolute Gasteiger partial charge is 0.301 e. The molecule has 7 heteroatoms. The van der Waals surface area contributed by atoms with Gasteiger partial charge in [-0.2, -0.15) is 0 Å². The van der Waals surface area contributed by atoms with Gasteiger partial charge < -0.3 is 5.32 Å². The van der Waals surface area contributed by atoms with Crippen molar-refractivity contribution in [2.24, 2.45) is 5.92 Å². The number of carbonyl (C=O) groups excluding carboxylic acids is 1. The average Bonchev–Trinajstić information content (AvgIpc) is 3.19. The second-order valence-electron chi connectivity index (χ2n) is 4.98. The van der Waals surface area contributed by atoms with Crippen LogP contribution in [0.25, 0.3) is 10.4 Å². The molecular formula is C14H13N3O3S. The summed E-state index contributed by atoms with van der Waals surface area (Å²) in [6.07, 6.45) is 0.314. The molecule has 21 heavy (non-hydrogen) atoms. The monoisotopic (exact) mass is 303 g/mol. The van der Waals surface area contributed by atoms with Gasteiger partial charge in [0.25, 0.3) is 0 Å². The van der Waals surface area contributed by atoms with E-state index in [2.05, 4.69) is 10.3 Å². The summed E-state index contributed by atoms with van der Waals surface area (Å²) >= 11 is 1.38. The van der Waals surface area contributed by atoms with E-state index >= 15 is 0 Å². The number of amides is 1. The fraction of sp³-hybridized carbons (Fsp3) is 0.286.